The monoisotopic (exact) mass is 335 g/mol. The van der Waals surface area contributed by atoms with Crippen LogP contribution in [0.3, 0.4) is 0 Å². The molecule has 0 radical (unpaired) electrons. The van der Waals surface area contributed by atoms with E-state index in [4.69, 9.17) is 9.15 Å². The molecule has 0 spiro atoms. The second kappa shape index (κ2) is 8.31. The molecule has 0 saturated heterocycles. The molecule has 3 rings (SSSR count). The van der Waals surface area contributed by atoms with Gasteiger partial charge in [-0.05, 0) is 23.3 Å². The third kappa shape index (κ3) is 4.17. The number of hydrogen-bond donors (Lipinski definition) is 1. The Morgan fingerprint density at radius 2 is 1.56 bits per heavy atom. The van der Waals surface area contributed by atoms with Gasteiger partial charge in [0.25, 0.3) is 0 Å². The summed E-state index contributed by atoms with van der Waals surface area (Å²) >= 11 is 0. The molecule has 2 aromatic carbocycles. The van der Waals surface area contributed by atoms with Gasteiger partial charge in [0.2, 0.25) is 5.91 Å². The Morgan fingerprint density at radius 3 is 2.04 bits per heavy atom. The van der Waals surface area contributed by atoms with Gasteiger partial charge >= 0.3 is 0 Å². The molecule has 0 bridgehead atoms. The van der Waals surface area contributed by atoms with E-state index in [1.165, 1.54) is 0 Å². The Bertz CT molecular complexity index is 730. The number of amides is 1. The molecule has 4 nitrogen and oxygen atoms in total. The first-order valence-electron chi connectivity index (χ1n) is 8.23. The largest absolute Gasteiger partial charge is 0.467 e. The van der Waals surface area contributed by atoms with Gasteiger partial charge in [0.15, 0.2) is 0 Å². The second-order valence-corrected chi connectivity index (χ2v) is 5.74. The summed E-state index contributed by atoms with van der Waals surface area (Å²) < 4.78 is 10.8. The summed E-state index contributed by atoms with van der Waals surface area (Å²) in [6.07, 6.45) is 1.28. The Hall–Kier alpha value is -2.85. The van der Waals surface area contributed by atoms with Gasteiger partial charge in [-0.3, -0.25) is 4.79 Å². The molecule has 1 N–H and O–H groups in total. The topological polar surface area (TPSA) is 51.5 Å². The molecule has 0 aliphatic heterocycles. The smallest absolute Gasteiger partial charge is 0.232 e. The molecule has 0 aliphatic rings. The number of nitrogens with one attached hydrogen (secondary N) is 1. The number of methoxy groups -OCH3 is 1. The van der Waals surface area contributed by atoms with Crippen LogP contribution in [-0.2, 0) is 9.53 Å². The molecule has 0 unspecified atom stereocenters. The molecule has 4 heteroatoms. The number of hydrogen-bond acceptors (Lipinski definition) is 3. The average molecular weight is 335 g/mol. The summed E-state index contributed by atoms with van der Waals surface area (Å²) in [4.78, 5) is 12.9. The first-order chi connectivity index (χ1) is 12.3. The lowest BCUT2D eigenvalue weighted by molar-refractivity contribution is -0.122. The van der Waals surface area contributed by atoms with E-state index in [0.717, 1.165) is 11.1 Å². The molecule has 1 aromatic heterocycles. The molecular weight excluding hydrogens is 314 g/mol. The Balaban J connectivity index is 1.78. The van der Waals surface area contributed by atoms with Crippen molar-refractivity contribution in [1.29, 1.82) is 0 Å². The molecule has 1 amide bonds. The lowest BCUT2D eigenvalue weighted by Gasteiger charge is -2.20. The van der Waals surface area contributed by atoms with Crippen LogP contribution in [0, 0.1) is 0 Å². The first-order valence-corrected chi connectivity index (χ1v) is 8.23. The SMILES string of the molecule is CO[C@H](CNC(=O)C(c1ccccc1)c1ccccc1)c1ccco1. The zero-order chi connectivity index (χ0) is 17.5. The van der Waals surface area contributed by atoms with Gasteiger partial charge in [-0.1, -0.05) is 60.7 Å². The van der Waals surface area contributed by atoms with Crippen molar-refractivity contribution in [2.75, 3.05) is 13.7 Å². The van der Waals surface area contributed by atoms with Crippen molar-refractivity contribution in [3.63, 3.8) is 0 Å². The Labute approximate surface area is 147 Å². The van der Waals surface area contributed by atoms with Crippen molar-refractivity contribution >= 4 is 5.91 Å². The van der Waals surface area contributed by atoms with Crippen LogP contribution in [0.1, 0.15) is 28.9 Å². The maximum Gasteiger partial charge on any atom is 0.232 e. The Kier molecular flexibility index (Phi) is 5.65. The normalized spacial score (nSPS) is 12.1. The highest BCUT2D eigenvalue weighted by molar-refractivity contribution is 5.87. The minimum absolute atomic E-state index is 0.0639. The lowest BCUT2D eigenvalue weighted by atomic mass is 9.90. The summed E-state index contributed by atoms with van der Waals surface area (Å²) in [6, 6.07) is 23.2. The zero-order valence-corrected chi connectivity index (χ0v) is 14.1. The van der Waals surface area contributed by atoms with Gasteiger partial charge in [-0.2, -0.15) is 0 Å². The van der Waals surface area contributed by atoms with Gasteiger partial charge in [0.05, 0.1) is 18.7 Å². The summed E-state index contributed by atoms with van der Waals surface area (Å²) in [5, 5.41) is 3.00. The molecule has 1 atom stereocenters. The standard InChI is InChI=1S/C21H21NO3/c1-24-19(18-13-8-14-25-18)15-22-21(23)20(16-9-4-2-5-10-16)17-11-6-3-7-12-17/h2-14,19-20H,15H2,1H3,(H,22,23)/t19-/m1/s1. The number of carbonyl (C=O) groups excluding carboxylic acids is 1. The van der Waals surface area contributed by atoms with Crippen molar-refractivity contribution in [1.82, 2.24) is 5.32 Å². The quantitative estimate of drug-likeness (QED) is 0.712. The van der Waals surface area contributed by atoms with Gasteiger partial charge in [0.1, 0.15) is 11.9 Å². The summed E-state index contributed by atoms with van der Waals surface area (Å²) in [7, 11) is 1.60. The Morgan fingerprint density at radius 1 is 0.960 bits per heavy atom. The molecule has 128 valence electrons. The summed E-state index contributed by atoms with van der Waals surface area (Å²) in [6.45, 7) is 0.346. The van der Waals surface area contributed by atoms with E-state index in [1.54, 1.807) is 19.4 Å². The zero-order valence-electron chi connectivity index (χ0n) is 14.1. The second-order valence-electron chi connectivity index (χ2n) is 5.74. The maximum absolute atomic E-state index is 12.9. The fourth-order valence-corrected chi connectivity index (χ4v) is 2.86. The third-order valence-corrected chi connectivity index (χ3v) is 4.13. The van der Waals surface area contributed by atoms with Gasteiger partial charge in [-0.15, -0.1) is 0 Å². The van der Waals surface area contributed by atoms with E-state index in [9.17, 15) is 4.79 Å². The van der Waals surface area contributed by atoms with Crippen molar-refractivity contribution in [3.05, 3.63) is 95.9 Å². The van der Waals surface area contributed by atoms with E-state index in [0.29, 0.717) is 12.3 Å². The minimum atomic E-state index is -0.364. The number of rotatable bonds is 7. The van der Waals surface area contributed by atoms with Crippen LogP contribution in [0.25, 0.3) is 0 Å². The third-order valence-electron chi connectivity index (χ3n) is 4.13. The van der Waals surface area contributed by atoms with Crippen LogP contribution in [0.2, 0.25) is 0 Å². The first kappa shape index (κ1) is 17.0. The van der Waals surface area contributed by atoms with Crippen LogP contribution in [-0.4, -0.2) is 19.6 Å². The summed E-state index contributed by atoms with van der Waals surface area (Å²) in [5.74, 6) is 0.265. The van der Waals surface area contributed by atoms with Crippen LogP contribution in [0.15, 0.2) is 83.5 Å². The number of ether oxygens (including phenoxy) is 1. The van der Waals surface area contributed by atoms with Crippen molar-refractivity contribution in [2.45, 2.75) is 12.0 Å². The molecule has 25 heavy (non-hydrogen) atoms. The molecule has 0 saturated carbocycles. The van der Waals surface area contributed by atoms with Gasteiger partial charge in [-0.25, -0.2) is 0 Å². The van der Waals surface area contributed by atoms with Crippen LogP contribution >= 0.6 is 0 Å². The highest BCUT2D eigenvalue weighted by atomic mass is 16.5. The van der Waals surface area contributed by atoms with Gasteiger partial charge < -0.3 is 14.5 Å². The predicted octanol–water partition coefficient (Wildman–Crippen LogP) is 3.92. The lowest BCUT2D eigenvalue weighted by Crippen LogP contribution is -2.33. The van der Waals surface area contributed by atoms with E-state index in [-0.39, 0.29) is 17.9 Å². The predicted molar refractivity (Wildman–Crippen MR) is 96.2 cm³/mol. The summed E-state index contributed by atoms with van der Waals surface area (Å²) in [5.41, 5.74) is 1.91. The van der Waals surface area contributed by atoms with E-state index in [1.807, 2.05) is 66.7 Å². The van der Waals surface area contributed by atoms with E-state index < -0.39 is 0 Å². The van der Waals surface area contributed by atoms with Crippen molar-refractivity contribution in [3.8, 4) is 0 Å². The molecule has 3 aromatic rings. The van der Waals surface area contributed by atoms with Crippen molar-refractivity contribution in [2.24, 2.45) is 0 Å². The molecule has 0 aliphatic carbocycles. The number of benzene rings is 2. The fraction of sp³-hybridized carbons (Fsp3) is 0.190. The average Bonchev–Trinajstić information content (AvgIpc) is 3.19. The highest BCUT2D eigenvalue weighted by Crippen LogP contribution is 2.25. The molecular formula is C21H21NO3. The van der Waals surface area contributed by atoms with E-state index in [2.05, 4.69) is 5.32 Å². The fourth-order valence-electron chi connectivity index (χ4n) is 2.86. The van der Waals surface area contributed by atoms with Crippen molar-refractivity contribution < 1.29 is 13.9 Å². The molecule has 0 fully saturated rings. The maximum atomic E-state index is 12.9. The number of furan rings is 1. The minimum Gasteiger partial charge on any atom is -0.467 e. The van der Waals surface area contributed by atoms with Gasteiger partial charge in [0, 0.05) is 7.11 Å². The highest BCUT2D eigenvalue weighted by Gasteiger charge is 2.24. The van der Waals surface area contributed by atoms with E-state index >= 15 is 0 Å². The number of carbonyl (C=O) groups is 1. The van der Waals surface area contributed by atoms with Crippen LogP contribution in [0.5, 0.6) is 0 Å². The van der Waals surface area contributed by atoms with Crippen LogP contribution < -0.4 is 5.32 Å². The molecule has 1 heterocycles. The van der Waals surface area contributed by atoms with Crippen LogP contribution in [0.4, 0.5) is 0 Å².